The van der Waals surface area contributed by atoms with Crippen LogP contribution in [0.15, 0.2) is 24.3 Å². The average Bonchev–Trinajstić information content (AvgIpc) is 2.89. The van der Waals surface area contributed by atoms with Crippen LogP contribution in [0.3, 0.4) is 0 Å². The van der Waals surface area contributed by atoms with Crippen LogP contribution in [0.5, 0.6) is 5.75 Å². The smallest absolute Gasteiger partial charge is 0.406 e. The predicted molar refractivity (Wildman–Crippen MR) is 89.4 cm³/mol. The number of nitrogens with zero attached hydrogens (tertiary/aromatic N) is 1. The Morgan fingerprint density at radius 3 is 2.50 bits per heavy atom. The van der Waals surface area contributed by atoms with Crippen molar-refractivity contribution in [1.29, 1.82) is 0 Å². The summed E-state index contributed by atoms with van der Waals surface area (Å²) in [5, 5.41) is 2.70. The molecule has 1 saturated heterocycles. The summed E-state index contributed by atoms with van der Waals surface area (Å²) in [6, 6.07) is 5.82. The third-order valence-corrected chi connectivity index (χ3v) is 4.20. The highest BCUT2D eigenvalue weighted by molar-refractivity contribution is 5.89. The number of rotatable bonds is 5. The Hall–Kier alpha value is -2.25. The third-order valence-electron chi connectivity index (χ3n) is 4.20. The highest BCUT2D eigenvalue weighted by Crippen LogP contribution is 2.27. The maximum Gasteiger partial charge on any atom is 0.573 e. The van der Waals surface area contributed by atoms with Crippen LogP contribution in [-0.2, 0) is 16.0 Å². The molecule has 2 rings (SSSR count). The van der Waals surface area contributed by atoms with Crippen LogP contribution in [0, 0.1) is 5.92 Å². The zero-order chi connectivity index (χ0) is 19.5. The molecule has 1 fully saturated rings. The van der Waals surface area contributed by atoms with Crippen molar-refractivity contribution >= 4 is 11.8 Å². The monoisotopic (exact) mass is 372 g/mol. The van der Waals surface area contributed by atoms with Gasteiger partial charge >= 0.3 is 6.36 Å². The maximum atomic E-state index is 12.4. The number of ether oxygens (including phenoxy) is 1. The third kappa shape index (κ3) is 5.37. The lowest BCUT2D eigenvalue weighted by atomic mass is 10.1. The normalized spacial score (nSPS) is 18.2. The van der Waals surface area contributed by atoms with Gasteiger partial charge < -0.3 is 15.0 Å². The fraction of sp³-hybridized carbons (Fsp3) is 0.556. The van der Waals surface area contributed by atoms with Gasteiger partial charge in [0, 0.05) is 25.0 Å². The molecule has 1 aliphatic rings. The molecule has 5 nitrogen and oxygen atoms in total. The lowest BCUT2D eigenvalue weighted by Gasteiger charge is -2.31. The largest absolute Gasteiger partial charge is 0.573 e. The fourth-order valence-corrected chi connectivity index (χ4v) is 2.93. The number of alkyl halides is 3. The number of nitrogens with one attached hydrogen (secondary N) is 1. The van der Waals surface area contributed by atoms with Gasteiger partial charge in [-0.15, -0.1) is 13.2 Å². The van der Waals surface area contributed by atoms with E-state index in [1.54, 1.807) is 11.0 Å². The number of carbonyl (C=O) groups is 2. The van der Waals surface area contributed by atoms with E-state index < -0.39 is 12.3 Å². The highest BCUT2D eigenvalue weighted by Gasteiger charge is 2.39. The van der Waals surface area contributed by atoms with Gasteiger partial charge in [-0.3, -0.25) is 9.59 Å². The van der Waals surface area contributed by atoms with Gasteiger partial charge in [0.25, 0.3) is 0 Å². The minimum atomic E-state index is -4.76. The van der Waals surface area contributed by atoms with Crippen LogP contribution in [0.1, 0.15) is 32.8 Å². The first-order valence-electron chi connectivity index (χ1n) is 8.39. The molecule has 0 saturated carbocycles. The number of hydrogen-bond acceptors (Lipinski definition) is 3. The minimum absolute atomic E-state index is 0.0680. The van der Waals surface area contributed by atoms with E-state index in [2.05, 4.69) is 10.1 Å². The van der Waals surface area contributed by atoms with Gasteiger partial charge in [-0.05, 0) is 38.8 Å². The lowest BCUT2D eigenvalue weighted by molar-refractivity contribution is -0.274. The van der Waals surface area contributed by atoms with Crippen LogP contribution >= 0.6 is 0 Å². The summed E-state index contributed by atoms with van der Waals surface area (Å²) in [4.78, 5) is 26.0. The van der Waals surface area contributed by atoms with Crippen LogP contribution in [0.25, 0.3) is 0 Å². The van der Waals surface area contributed by atoms with Crippen molar-refractivity contribution in [2.24, 2.45) is 5.92 Å². The first-order chi connectivity index (χ1) is 12.0. The lowest BCUT2D eigenvalue weighted by Crippen LogP contribution is -2.43. The summed E-state index contributed by atoms with van der Waals surface area (Å²) in [6.07, 6.45) is -4.42. The van der Waals surface area contributed by atoms with Gasteiger partial charge in [0.05, 0.1) is 5.92 Å². The number of amides is 2. The molecule has 1 N–H and O–H groups in total. The zero-order valence-electron chi connectivity index (χ0n) is 15.0. The molecule has 8 heteroatoms. The van der Waals surface area contributed by atoms with Gasteiger partial charge in [0.2, 0.25) is 11.8 Å². The molecule has 0 aliphatic carbocycles. The molecular weight excluding hydrogens is 349 g/mol. The van der Waals surface area contributed by atoms with E-state index in [1.165, 1.54) is 18.2 Å². The fourth-order valence-electron chi connectivity index (χ4n) is 2.93. The highest BCUT2D eigenvalue weighted by atomic mass is 19.4. The molecule has 2 amide bonds. The van der Waals surface area contributed by atoms with Crippen molar-refractivity contribution in [3.63, 3.8) is 0 Å². The molecule has 0 aromatic heterocycles. The zero-order valence-corrected chi connectivity index (χ0v) is 15.0. The SMILES string of the molecule is CC(C)(C)N1C[C@H](C(=O)NCCc2ccccc2OC(F)(F)F)CC1=O. The Kier molecular flexibility index (Phi) is 5.83. The Balaban J connectivity index is 1.89. The topological polar surface area (TPSA) is 58.6 Å². The molecule has 0 unspecified atom stereocenters. The van der Waals surface area contributed by atoms with Crippen LogP contribution in [0.4, 0.5) is 13.2 Å². The number of para-hydroxylation sites is 1. The van der Waals surface area contributed by atoms with Gasteiger partial charge in [0.1, 0.15) is 5.75 Å². The van der Waals surface area contributed by atoms with Crippen molar-refractivity contribution in [3.8, 4) is 5.75 Å². The van der Waals surface area contributed by atoms with Crippen LogP contribution in [0.2, 0.25) is 0 Å². The molecule has 1 aliphatic heterocycles. The first-order valence-corrected chi connectivity index (χ1v) is 8.39. The van der Waals surface area contributed by atoms with E-state index in [0.717, 1.165) is 0 Å². The van der Waals surface area contributed by atoms with Crippen molar-refractivity contribution in [1.82, 2.24) is 10.2 Å². The molecule has 0 spiro atoms. The van der Waals surface area contributed by atoms with Crippen LogP contribution < -0.4 is 10.1 Å². The molecule has 26 heavy (non-hydrogen) atoms. The Morgan fingerprint density at radius 1 is 1.27 bits per heavy atom. The summed E-state index contributed by atoms with van der Waals surface area (Å²) in [7, 11) is 0. The molecule has 0 bridgehead atoms. The predicted octanol–water partition coefficient (Wildman–Crippen LogP) is 2.89. The number of benzene rings is 1. The molecule has 1 atom stereocenters. The van der Waals surface area contributed by atoms with Gasteiger partial charge in [-0.1, -0.05) is 18.2 Å². The summed E-state index contributed by atoms with van der Waals surface area (Å²) < 4.78 is 41.2. The van der Waals surface area contributed by atoms with E-state index in [9.17, 15) is 22.8 Å². The molecule has 0 radical (unpaired) electrons. The summed E-state index contributed by atoms with van der Waals surface area (Å²) in [5.41, 5.74) is 0.00364. The number of likely N-dealkylation sites (tertiary alicyclic amines) is 1. The van der Waals surface area contributed by atoms with Crippen LogP contribution in [-0.4, -0.2) is 41.7 Å². The van der Waals surface area contributed by atoms with Crippen molar-refractivity contribution in [2.45, 2.75) is 45.5 Å². The molecule has 1 aromatic rings. The van der Waals surface area contributed by atoms with Crippen molar-refractivity contribution in [2.75, 3.05) is 13.1 Å². The second-order valence-electron chi connectivity index (χ2n) is 7.27. The van der Waals surface area contributed by atoms with Gasteiger partial charge in [-0.25, -0.2) is 0 Å². The number of hydrogen-bond donors (Lipinski definition) is 1. The summed E-state index contributed by atoms with van der Waals surface area (Å²) in [6.45, 7) is 6.23. The van der Waals surface area contributed by atoms with Gasteiger partial charge in [0.15, 0.2) is 0 Å². The molecule has 1 heterocycles. The first kappa shape index (κ1) is 20.1. The Bertz CT molecular complexity index is 668. The Labute approximate surface area is 150 Å². The van der Waals surface area contributed by atoms with E-state index in [4.69, 9.17) is 0 Å². The van der Waals surface area contributed by atoms with Crippen molar-refractivity contribution < 1.29 is 27.5 Å². The second-order valence-corrected chi connectivity index (χ2v) is 7.27. The standard InChI is InChI=1S/C18H23F3N2O3/c1-17(2,3)23-11-13(10-15(23)24)16(25)22-9-8-12-6-4-5-7-14(12)26-18(19,20)21/h4-7,13H,8-11H2,1-3H3,(H,22,25)/t13-/m1/s1. The molecule has 1 aromatic carbocycles. The summed E-state index contributed by atoms with van der Waals surface area (Å²) in [5.74, 6) is -1.05. The number of halogens is 3. The molecule has 144 valence electrons. The quantitative estimate of drug-likeness (QED) is 0.865. The summed E-state index contributed by atoms with van der Waals surface area (Å²) >= 11 is 0. The minimum Gasteiger partial charge on any atom is -0.406 e. The van der Waals surface area contributed by atoms with E-state index in [0.29, 0.717) is 12.1 Å². The van der Waals surface area contributed by atoms with Crippen molar-refractivity contribution in [3.05, 3.63) is 29.8 Å². The molecular formula is C18H23F3N2O3. The Morgan fingerprint density at radius 2 is 1.92 bits per heavy atom. The van der Waals surface area contributed by atoms with E-state index in [1.807, 2.05) is 20.8 Å². The van der Waals surface area contributed by atoms with E-state index in [-0.39, 0.29) is 42.5 Å². The number of carbonyl (C=O) groups excluding carboxylic acids is 2. The maximum absolute atomic E-state index is 12.4. The van der Waals surface area contributed by atoms with Gasteiger partial charge in [-0.2, -0.15) is 0 Å². The second kappa shape index (κ2) is 7.55. The average molecular weight is 372 g/mol. The van der Waals surface area contributed by atoms with E-state index >= 15 is 0 Å².